The number of ether oxygens (including phenoxy) is 1. The fraction of sp³-hybridized carbons (Fsp3) is 0.727. The third kappa shape index (κ3) is 15.3. The maximum atomic E-state index is 12.5. The minimum atomic E-state index is 0.0964. The van der Waals surface area contributed by atoms with Crippen LogP contribution in [0.15, 0.2) is 36.4 Å². The highest BCUT2D eigenvalue weighted by Crippen LogP contribution is 2.20. The lowest BCUT2D eigenvalue weighted by Gasteiger charge is -2.29. The van der Waals surface area contributed by atoms with Crippen LogP contribution in [-0.2, 0) is 11.2 Å². The number of carbonyl (C=O) groups excluding carboxylic acids is 1. The van der Waals surface area contributed by atoms with Gasteiger partial charge in [0.25, 0.3) is 0 Å². The monoisotopic (exact) mass is 513 g/mol. The molecule has 1 aliphatic heterocycles. The summed E-state index contributed by atoms with van der Waals surface area (Å²) in [7, 11) is 2.30. The van der Waals surface area contributed by atoms with Crippen LogP contribution in [0.4, 0.5) is 0 Å². The molecule has 0 radical (unpaired) electrons. The number of nitrogens with one attached hydrogen (secondary N) is 1. The summed E-state index contributed by atoms with van der Waals surface area (Å²) in [5.74, 6) is 0.961. The molecule has 1 fully saturated rings. The Morgan fingerprint density at radius 2 is 1.46 bits per heavy atom. The minimum absolute atomic E-state index is 0.0964. The third-order valence-electron chi connectivity index (χ3n) is 7.86. The van der Waals surface area contributed by atoms with Crippen LogP contribution >= 0.6 is 0 Å². The molecule has 4 nitrogen and oxygen atoms in total. The molecule has 1 amide bonds. The van der Waals surface area contributed by atoms with Crippen molar-refractivity contribution in [1.29, 1.82) is 0 Å². The van der Waals surface area contributed by atoms with Crippen LogP contribution in [0.25, 0.3) is 0 Å². The first-order valence-electron chi connectivity index (χ1n) is 15.6. The van der Waals surface area contributed by atoms with Gasteiger partial charge in [0, 0.05) is 18.4 Å². The van der Waals surface area contributed by atoms with Crippen molar-refractivity contribution in [1.82, 2.24) is 5.32 Å². The van der Waals surface area contributed by atoms with Crippen molar-refractivity contribution >= 4 is 5.91 Å². The highest BCUT2D eigenvalue weighted by Gasteiger charge is 2.26. The number of hydrogen-bond acceptors (Lipinski definition) is 2. The first kappa shape index (κ1) is 31.4. The highest BCUT2D eigenvalue weighted by atomic mass is 16.5. The average Bonchev–Trinajstić information content (AvgIpc) is 3.33. The number of hydrogen-bond donors (Lipinski definition) is 1. The summed E-state index contributed by atoms with van der Waals surface area (Å²) < 4.78 is 7.16. The smallest absolute Gasteiger partial charge is 0.224 e. The van der Waals surface area contributed by atoms with Gasteiger partial charge in [-0.15, -0.1) is 0 Å². The van der Waals surface area contributed by atoms with Gasteiger partial charge >= 0.3 is 0 Å². The lowest BCUT2D eigenvalue weighted by atomic mass is 10.1. The van der Waals surface area contributed by atoms with Crippen molar-refractivity contribution in [3.05, 3.63) is 42.0 Å². The topological polar surface area (TPSA) is 38.3 Å². The Balaban J connectivity index is 1.45. The predicted octanol–water partition coefficient (Wildman–Crippen LogP) is 8.00. The van der Waals surface area contributed by atoms with Crippen LogP contribution in [-0.4, -0.2) is 50.2 Å². The van der Waals surface area contributed by atoms with E-state index in [1.54, 1.807) is 0 Å². The molecule has 0 saturated carbocycles. The van der Waals surface area contributed by atoms with Gasteiger partial charge in [-0.3, -0.25) is 4.79 Å². The zero-order valence-corrected chi connectivity index (χ0v) is 24.3. The van der Waals surface area contributed by atoms with Crippen molar-refractivity contribution in [2.75, 3.05) is 39.8 Å². The van der Waals surface area contributed by atoms with Gasteiger partial charge in [0.2, 0.25) is 5.91 Å². The summed E-state index contributed by atoms with van der Waals surface area (Å²) >= 11 is 0. The molecule has 37 heavy (non-hydrogen) atoms. The van der Waals surface area contributed by atoms with E-state index < -0.39 is 0 Å². The number of carbonyl (C=O) groups is 1. The van der Waals surface area contributed by atoms with Crippen molar-refractivity contribution in [2.24, 2.45) is 0 Å². The molecular weight excluding hydrogens is 456 g/mol. The number of para-hydroxylation sites is 1. The molecule has 1 aromatic rings. The predicted molar refractivity (Wildman–Crippen MR) is 158 cm³/mol. The molecule has 0 atom stereocenters. The molecule has 1 saturated heterocycles. The number of quaternary nitrogens is 1. The quantitative estimate of drug-likeness (QED) is 0.0969. The number of rotatable bonds is 22. The molecule has 1 N–H and O–H groups in total. The largest absolute Gasteiger partial charge is 0.493 e. The second-order valence-corrected chi connectivity index (χ2v) is 11.4. The summed E-state index contributed by atoms with van der Waals surface area (Å²) in [6.45, 7) is 7.27. The molecule has 0 spiro atoms. The van der Waals surface area contributed by atoms with E-state index in [0.717, 1.165) is 41.9 Å². The van der Waals surface area contributed by atoms with Crippen molar-refractivity contribution in [3.8, 4) is 5.75 Å². The number of nitrogens with zero attached hydrogens (tertiary/aromatic N) is 1. The fourth-order valence-corrected chi connectivity index (χ4v) is 5.35. The van der Waals surface area contributed by atoms with Gasteiger partial charge in [0.15, 0.2) is 0 Å². The molecule has 0 aliphatic carbocycles. The van der Waals surface area contributed by atoms with Crippen molar-refractivity contribution in [3.63, 3.8) is 0 Å². The van der Waals surface area contributed by atoms with Gasteiger partial charge < -0.3 is 14.5 Å². The molecule has 1 aromatic carbocycles. The number of unbranched alkanes of at least 4 members (excludes halogenated alkanes) is 12. The van der Waals surface area contributed by atoms with Crippen LogP contribution in [0.3, 0.4) is 0 Å². The summed E-state index contributed by atoms with van der Waals surface area (Å²) in [6, 6.07) is 8.01. The Labute approximate surface area is 228 Å². The minimum Gasteiger partial charge on any atom is -0.493 e. The summed E-state index contributed by atoms with van der Waals surface area (Å²) in [4.78, 5) is 12.5. The standard InChI is InChI=1S/C33H56N2O2/c1-3-4-5-6-7-8-9-10-11-12-13-14-15-16-17-22-29-37-32-24-19-18-23-31(32)30-33(36)34-25-28-35(2)26-20-21-27-35/h10-11,18-19,23-24H,3-9,12-17,20-22,25-30H2,1-2H3/p+1/b11-10-. The van der Waals surface area contributed by atoms with E-state index in [-0.39, 0.29) is 5.91 Å². The lowest BCUT2D eigenvalue weighted by Crippen LogP contribution is -2.46. The molecule has 1 aliphatic rings. The van der Waals surface area contributed by atoms with E-state index in [1.165, 1.54) is 109 Å². The molecule has 0 bridgehead atoms. The van der Waals surface area contributed by atoms with Gasteiger partial charge in [-0.2, -0.15) is 0 Å². The third-order valence-corrected chi connectivity index (χ3v) is 7.86. The second kappa shape index (κ2) is 20.2. The van der Waals surface area contributed by atoms with Gasteiger partial charge in [0.1, 0.15) is 5.75 Å². The van der Waals surface area contributed by atoms with Crippen LogP contribution in [0.1, 0.15) is 115 Å². The van der Waals surface area contributed by atoms with Crippen LogP contribution in [0, 0.1) is 0 Å². The maximum Gasteiger partial charge on any atom is 0.224 e. The molecule has 1 heterocycles. The number of likely N-dealkylation sites (tertiary alicyclic amines) is 1. The van der Waals surface area contributed by atoms with E-state index in [0.29, 0.717) is 6.42 Å². The zero-order valence-electron chi connectivity index (χ0n) is 24.3. The van der Waals surface area contributed by atoms with Crippen LogP contribution < -0.4 is 10.1 Å². The first-order chi connectivity index (χ1) is 18.1. The van der Waals surface area contributed by atoms with Gasteiger partial charge in [0.05, 0.1) is 46.3 Å². The average molecular weight is 514 g/mol. The Kier molecular flexibility index (Phi) is 17.1. The molecular formula is C33H57N2O2+. The molecule has 0 aromatic heterocycles. The molecule has 0 unspecified atom stereocenters. The SMILES string of the molecule is CCCCCCCC/C=C\CCCCCCCCOc1ccccc1CC(=O)NCC[N+]1(C)CCCC1. The normalized spacial score (nSPS) is 14.9. The molecule has 2 rings (SSSR count). The first-order valence-corrected chi connectivity index (χ1v) is 15.6. The highest BCUT2D eigenvalue weighted by molar-refractivity contribution is 5.79. The number of benzene rings is 1. The fourth-order valence-electron chi connectivity index (χ4n) is 5.35. The van der Waals surface area contributed by atoms with Crippen LogP contribution in [0.5, 0.6) is 5.75 Å². The van der Waals surface area contributed by atoms with E-state index in [9.17, 15) is 4.79 Å². The van der Waals surface area contributed by atoms with Crippen molar-refractivity contribution in [2.45, 2.75) is 116 Å². The lowest BCUT2D eigenvalue weighted by molar-refractivity contribution is -0.896. The van der Waals surface area contributed by atoms with Gasteiger partial charge in [-0.25, -0.2) is 0 Å². The molecule has 4 heteroatoms. The second-order valence-electron chi connectivity index (χ2n) is 11.4. The van der Waals surface area contributed by atoms with E-state index in [2.05, 4.69) is 31.4 Å². The number of allylic oxidation sites excluding steroid dienone is 2. The van der Waals surface area contributed by atoms with E-state index >= 15 is 0 Å². The zero-order chi connectivity index (χ0) is 26.4. The Bertz CT molecular complexity index is 740. The summed E-state index contributed by atoms with van der Waals surface area (Å²) in [5, 5.41) is 3.12. The maximum absolute atomic E-state index is 12.5. The number of likely N-dealkylation sites (N-methyl/N-ethyl adjacent to an activating group) is 1. The number of amides is 1. The summed E-state index contributed by atoms with van der Waals surface area (Å²) in [6.07, 6.45) is 26.2. The van der Waals surface area contributed by atoms with E-state index in [4.69, 9.17) is 4.74 Å². The van der Waals surface area contributed by atoms with Gasteiger partial charge in [-0.1, -0.05) is 95.1 Å². The Morgan fingerprint density at radius 1 is 0.865 bits per heavy atom. The van der Waals surface area contributed by atoms with Crippen LogP contribution in [0.2, 0.25) is 0 Å². The van der Waals surface area contributed by atoms with Crippen molar-refractivity contribution < 1.29 is 14.0 Å². The summed E-state index contributed by atoms with van der Waals surface area (Å²) in [5.41, 5.74) is 0.992. The van der Waals surface area contributed by atoms with E-state index in [1.807, 2.05) is 24.3 Å². The Morgan fingerprint density at radius 3 is 2.14 bits per heavy atom. The van der Waals surface area contributed by atoms with Gasteiger partial charge in [-0.05, 0) is 38.2 Å². The Hall–Kier alpha value is -1.81. The molecule has 210 valence electrons.